The van der Waals surface area contributed by atoms with Gasteiger partial charge in [0, 0.05) is 18.3 Å². The molecule has 7 heteroatoms. The summed E-state index contributed by atoms with van der Waals surface area (Å²) in [6, 6.07) is 3.54. The molecule has 1 amide bonds. The van der Waals surface area contributed by atoms with Crippen LogP contribution in [0.1, 0.15) is 28.7 Å². The number of aromatic nitrogens is 4. The molecule has 0 aromatic carbocycles. The van der Waals surface area contributed by atoms with Gasteiger partial charge in [-0.05, 0) is 32.9 Å². The Morgan fingerprint density at radius 2 is 2.14 bits per heavy atom. The van der Waals surface area contributed by atoms with Gasteiger partial charge in [-0.2, -0.15) is 5.10 Å². The average molecular weight is 318 g/mol. The summed E-state index contributed by atoms with van der Waals surface area (Å²) in [6.07, 6.45) is 3.42. The molecule has 0 aliphatic rings. The maximum Gasteiger partial charge on any atom is 0.275 e. The van der Waals surface area contributed by atoms with Gasteiger partial charge in [0.2, 0.25) is 0 Å². The maximum atomic E-state index is 12.7. The number of carbonyl (C=O) groups excluding carboxylic acids is 1. The monoisotopic (exact) mass is 317 g/mol. The number of rotatable bonds is 3. The summed E-state index contributed by atoms with van der Waals surface area (Å²) in [5.74, 6) is 0.467. The third-order valence-corrected chi connectivity index (χ3v) is 3.75. The van der Waals surface area contributed by atoms with Crippen LogP contribution in [0.25, 0.3) is 5.65 Å². The van der Waals surface area contributed by atoms with E-state index in [4.69, 9.17) is 11.6 Å². The fraction of sp³-hybridized carbons (Fsp3) is 0.267. The third-order valence-electron chi connectivity index (χ3n) is 3.53. The molecule has 0 bridgehead atoms. The molecular formula is C15H16ClN5O. The standard InChI is InChI=1S/C15H16ClN5O/c1-4-21-14(9(2)7-17-21)19-15(22)13-10(3)18-12-6-5-11(16)8-20(12)13/h5-8H,4H2,1-3H3,(H,19,22). The molecule has 0 radical (unpaired) electrons. The molecule has 0 atom stereocenters. The van der Waals surface area contributed by atoms with Crippen molar-refractivity contribution < 1.29 is 4.79 Å². The number of hydrogen-bond acceptors (Lipinski definition) is 3. The van der Waals surface area contributed by atoms with E-state index in [0.717, 1.165) is 5.56 Å². The van der Waals surface area contributed by atoms with Crippen LogP contribution in [0.3, 0.4) is 0 Å². The predicted octanol–water partition coefficient (Wildman–Crippen LogP) is 3.07. The van der Waals surface area contributed by atoms with Gasteiger partial charge < -0.3 is 5.32 Å². The van der Waals surface area contributed by atoms with Crippen molar-refractivity contribution in [1.82, 2.24) is 19.2 Å². The van der Waals surface area contributed by atoms with Crippen LogP contribution >= 0.6 is 11.6 Å². The Morgan fingerprint density at radius 1 is 1.36 bits per heavy atom. The summed E-state index contributed by atoms with van der Waals surface area (Å²) in [6.45, 7) is 6.37. The molecule has 0 saturated heterocycles. The van der Waals surface area contributed by atoms with Crippen molar-refractivity contribution in [2.45, 2.75) is 27.3 Å². The number of aryl methyl sites for hydroxylation is 3. The molecule has 0 fully saturated rings. The first-order chi connectivity index (χ1) is 10.5. The highest BCUT2D eigenvalue weighted by Gasteiger charge is 2.19. The van der Waals surface area contributed by atoms with E-state index in [1.165, 1.54) is 0 Å². The number of halogens is 1. The summed E-state index contributed by atoms with van der Waals surface area (Å²) in [5.41, 5.74) is 2.73. The number of hydrogen-bond donors (Lipinski definition) is 1. The number of fused-ring (bicyclic) bond motifs is 1. The van der Waals surface area contributed by atoms with Crippen molar-refractivity contribution in [2.24, 2.45) is 0 Å². The van der Waals surface area contributed by atoms with E-state index in [9.17, 15) is 4.79 Å². The van der Waals surface area contributed by atoms with Crippen molar-refractivity contribution in [1.29, 1.82) is 0 Å². The van der Waals surface area contributed by atoms with E-state index in [0.29, 0.717) is 34.4 Å². The Kier molecular flexibility index (Phi) is 3.62. The number of pyridine rings is 1. The van der Waals surface area contributed by atoms with Gasteiger partial charge in [0.15, 0.2) is 0 Å². The average Bonchev–Trinajstić information content (AvgIpc) is 2.98. The minimum atomic E-state index is -0.231. The molecule has 0 aliphatic carbocycles. The highest BCUT2D eigenvalue weighted by Crippen LogP contribution is 2.19. The summed E-state index contributed by atoms with van der Waals surface area (Å²) in [7, 11) is 0. The zero-order valence-electron chi connectivity index (χ0n) is 12.6. The minimum Gasteiger partial charge on any atom is -0.305 e. The number of nitrogens with one attached hydrogen (secondary N) is 1. The van der Waals surface area contributed by atoms with Crippen LogP contribution in [0.5, 0.6) is 0 Å². The van der Waals surface area contributed by atoms with Crippen LogP contribution in [0.4, 0.5) is 5.82 Å². The first-order valence-corrected chi connectivity index (χ1v) is 7.37. The van der Waals surface area contributed by atoms with E-state index in [1.54, 1.807) is 40.5 Å². The van der Waals surface area contributed by atoms with Gasteiger partial charge in [0.05, 0.1) is 16.9 Å². The summed E-state index contributed by atoms with van der Waals surface area (Å²) in [5, 5.41) is 7.70. The largest absolute Gasteiger partial charge is 0.305 e. The number of amides is 1. The maximum absolute atomic E-state index is 12.7. The van der Waals surface area contributed by atoms with Crippen LogP contribution in [-0.2, 0) is 6.54 Å². The van der Waals surface area contributed by atoms with Gasteiger partial charge in [-0.3, -0.25) is 9.20 Å². The number of anilines is 1. The molecule has 3 heterocycles. The fourth-order valence-electron chi connectivity index (χ4n) is 2.46. The Balaban J connectivity index is 2.04. The molecule has 0 aliphatic heterocycles. The number of imidazole rings is 1. The third kappa shape index (κ3) is 2.35. The van der Waals surface area contributed by atoms with E-state index >= 15 is 0 Å². The highest BCUT2D eigenvalue weighted by molar-refractivity contribution is 6.30. The lowest BCUT2D eigenvalue weighted by Gasteiger charge is -2.09. The second-order valence-corrected chi connectivity index (χ2v) is 5.50. The molecule has 22 heavy (non-hydrogen) atoms. The van der Waals surface area contributed by atoms with E-state index in [1.807, 2.05) is 13.8 Å². The molecule has 6 nitrogen and oxygen atoms in total. The Hall–Kier alpha value is -2.34. The number of carbonyl (C=O) groups is 1. The normalized spacial score (nSPS) is 11.1. The van der Waals surface area contributed by atoms with Crippen molar-refractivity contribution in [3.05, 3.63) is 46.5 Å². The van der Waals surface area contributed by atoms with E-state index in [2.05, 4.69) is 15.4 Å². The van der Waals surface area contributed by atoms with E-state index in [-0.39, 0.29) is 5.91 Å². The first-order valence-electron chi connectivity index (χ1n) is 6.99. The van der Waals surface area contributed by atoms with Gasteiger partial charge in [-0.15, -0.1) is 0 Å². The zero-order valence-corrected chi connectivity index (χ0v) is 13.3. The second kappa shape index (κ2) is 5.46. The lowest BCUT2D eigenvalue weighted by Crippen LogP contribution is -2.18. The highest BCUT2D eigenvalue weighted by atomic mass is 35.5. The molecule has 1 N–H and O–H groups in total. The fourth-order valence-corrected chi connectivity index (χ4v) is 2.62. The topological polar surface area (TPSA) is 64.2 Å². The molecule has 0 spiro atoms. The summed E-state index contributed by atoms with van der Waals surface area (Å²) >= 11 is 6.03. The van der Waals surface area contributed by atoms with Crippen molar-refractivity contribution in [3.63, 3.8) is 0 Å². The van der Waals surface area contributed by atoms with Crippen molar-refractivity contribution in [3.8, 4) is 0 Å². The smallest absolute Gasteiger partial charge is 0.275 e. The van der Waals surface area contributed by atoms with E-state index < -0.39 is 0 Å². The predicted molar refractivity (Wildman–Crippen MR) is 85.5 cm³/mol. The van der Waals surface area contributed by atoms with Crippen LogP contribution in [0.2, 0.25) is 5.02 Å². The van der Waals surface area contributed by atoms with Crippen LogP contribution in [-0.4, -0.2) is 25.1 Å². The molecular weight excluding hydrogens is 302 g/mol. The molecule has 3 aromatic rings. The lowest BCUT2D eigenvalue weighted by atomic mass is 10.3. The van der Waals surface area contributed by atoms with Crippen molar-refractivity contribution >= 4 is 29.0 Å². The van der Waals surface area contributed by atoms with Gasteiger partial charge >= 0.3 is 0 Å². The zero-order chi connectivity index (χ0) is 15.9. The molecule has 0 saturated carbocycles. The van der Waals surface area contributed by atoms with Crippen LogP contribution < -0.4 is 5.32 Å². The molecule has 0 unspecified atom stereocenters. The SMILES string of the molecule is CCn1ncc(C)c1NC(=O)c1c(C)nc2ccc(Cl)cn12. The Bertz CT molecular complexity index is 864. The van der Waals surface area contributed by atoms with Gasteiger partial charge in [0.25, 0.3) is 5.91 Å². The van der Waals surface area contributed by atoms with Crippen LogP contribution in [0.15, 0.2) is 24.5 Å². The Morgan fingerprint density at radius 3 is 2.86 bits per heavy atom. The lowest BCUT2D eigenvalue weighted by molar-refractivity contribution is 0.101. The quantitative estimate of drug-likeness (QED) is 0.807. The summed E-state index contributed by atoms with van der Waals surface area (Å²) in [4.78, 5) is 17.1. The van der Waals surface area contributed by atoms with Crippen molar-refractivity contribution in [2.75, 3.05) is 5.32 Å². The molecule has 3 rings (SSSR count). The number of nitrogens with zero attached hydrogens (tertiary/aromatic N) is 4. The molecule has 114 valence electrons. The van der Waals surface area contributed by atoms with Crippen LogP contribution in [0, 0.1) is 13.8 Å². The first kappa shape index (κ1) is 14.6. The second-order valence-electron chi connectivity index (χ2n) is 5.07. The molecule has 3 aromatic heterocycles. The Labute approximate surface area is 132 Å². The minimum absolute atomic E-state index is 0.231. The van der Waals surface area contributed by atoms with Gasteiger partial charge in [0.1, 0.15) is 17.2 Å². The summed E-state index contributed by atoms with van der Waals surface area (Å²) < 4.78 is 3.45. The van der Waals surface area contributed by atoms with Gasteiger partial charge in [-0.1, -0.05) is 11.6 Å². The van der Waals surface area contributed by atoms with Gasteiger partial charge in [-0.25, -0.2) is 9.67 Å².